The third kappa shape index (κ3) is 2.61. The molecule has 0 bridgehead atoms. The van der Waals surface area contributed by atoms with Crippen LogP contribution in [0.1, 0.15) is 18.7 Å². The highest BCUT2D eigenvalue weighted by atomic mass is 16.5. The minimum atomic E-state index is 0.416. The summed E-state index contributed by atoms with van der Waals surface area (Å²) in [5.41, 5.74) is 6.77. The first-order chi connectivity index (χ1) is 7.81. The van der Waals surface area contributed by atoms with Gasteiger partial charge in [0.2, 0.25) is 0 Å². The summed E-state index contributed by atoms with van der Waals surface area (Å²) in [6.45, 7) is 7.53. The number of rotatable bonds is 4. The maximum absolute atomic E-state index is 5.67. The monoisotopic (exact) mass is 224 g/mol. The van der Waals surface area contributed by atoms with E-state index in [-0.39, 0.29) is 0 Å². The molecule has 0 aliphatic carbocycles. The molecule has 2 N–H and O–H groups in total. The van der Waals surface area contributed by atoms with Crippen molar-refractivity contribution >= 4 is 0 Å². The lowest BCUT2D eigenvalue weighted by molar-refractivity contribution is 0.0324. The smallest absolute Gasteiger partial charge is 0.0951 e. The molecule has 16 heavy (non-hydrogen) atoms. The fraction of sp³-hybridized carbons (Fsp3) is 0.727. The van der Waals surface area contributed by atoms with Crippen molar-refractivity contribution in [3.63, 3.8) is 0 Å². The first kappa shape index (κ1) is 11.6. The van der Waals surface area contributed by atoms with E-state index in [0.29, 0.717) is 12.6 Å². The standard InChI is InChI=1S/C11H20N4O/c1-10(8-14-2-4-16-5-3-14)15-9-13-7-11(15)6-12/h7,9-10H,2-6,8,12H2,1H3. The van der Waals surface area contributed by atoms with Crippen LogP contribution in [-0.2, 0) is 11.3 Å². The maximum atomic E-state index is 5.67. The molecule has 1 unspecified atom stereocenters. The quantitative estimate of drug-likeness (QED) is 0.795. The molecule has 2 heterocycles. The number of hydrogen-bond donors (Lipinski definition) is 1. The molecule has 90 valence electrons. The Kier molecular flexibility index (Phi) is 3.93. The van der Waals surface area contributed by atoms with Crippen LogP contribution in [0.2, 0.25) is 0 Å². The van der Waals surface area contributed by atoms with Gasteiger partial charge in [-0.1, -0.05) is 0 Å². The third-order valence-corrected chi connectivity index (χ3v) is 3.06. The zero-order valence-corrected chi connectivity index (χ0v) is 9.80. The van der Waals surface area contributed by atoms with Gasteiger partial charge in [-0.15, -0.1) is 0 Å². The highest BCUT2D eigenvalue weighted by Crippen LogP contribution is 2.12. The van der Waals surface area contributed by atoms with Gasteiger partial charge in [0.05, 0.1) is 25.2 Å². The Labute approximate surface area is 96.2 Å². The van der Waals surface area contributed by atoms with Crippen molar-refractivity contribution in [3.05, 3.63) is 18.2 Å². The van der Waals surface area contributed by atoms with E-state index in [0.717, 1.165) is 38.5 Å². The van der Waals surface area contributed by atoms with Crippen molar-refractivity contribution in [2.75, 3.05) is 32.8 Å². The molecule has 1 aromatic heterocycles. The van der Waals surface area contributed by atoms with Crippen LogP contribution in [-0.4, -0.2) is 47.3 Å². The van der Waals surface area contributed by atoms with Crippen LogP contribution < -0.4 is 5.73 Å². The Morgan fingerprint density at radius 2 is 2.25 bits per heavy atom. The van der Waals surface area contributed by atoms with Crippen LogP contribution in [0.15, 0.2) is 12.5 Å². The molecule has 0 saturated carbocycles. The van der Waals surface area contributed by atoms with Crippen molar-refractivity contribution in [2.24, 2.45) is 5.73 Å². The Bertz CT molecular complexity index is 320. The average molecular weight is 224 g/mol. The van der Waals surface area contributed by atoms with Crippen LogP contribution in [0.5, 0.6) is 0 Å². The van der Waals surface area contributed by atoms with E-state index in [1.807, 2.05) is 12.5 Å². The number of ether oxygens (including phenoxy) is 1. The average Bonchev–Trinajstić information content (AvgIpc) is 2.78. The number of morpholine rings is 1. The summed E-state index contributed by atoms with van der Waals surface area (Å²) in [5.74, 6) is 0. The molecule has 1 aliphatic rings. The Balaban J connectivity index is 1.93. The van der Waals surface area contributed by atoms with E-state index in [4.69, 9.17) is 10.5 Å². The second-order valence-electron chi connectivity index (χ2n) is 4.26. The minimum Gasteiger partial charge on any atom is -0.379 e. The van der Waals surface area contributed by atoms with Crippen molar-refractivity contribution in [3.8, 4) is 0 Å². The lowest BCUT2D eigenvalue weighted by Gasteiger charge is -2.30. The van der Waals surface area contributed by atoms with Crippen molar-refractivity contribution < 1.29 is 4.74 Å². The molecule has 1 saturated heterocycles. The lowest BCUT2D eigenvalue weighted by atomic mass is 10.2. The molecule has 1 atom stereocenters. The molecule has 1 aliphatic heterocycles. The molecule has 0 radical (unpaired) electrons. The predicted octanol–water partition coefficient (Wildman–Crippen LogP) is 0.235. The molecular weight excluding hydrogens is 204 g/mol. The zero-order chi connectivity index (χ0) is 11.4. The largest absolute Gasteiger partial charge is 0.379 e. The molecule has 5 nitrogen and oxygen atoms in total. The summed E-state index contributed by atoms with van der Waals surface area (Å²) in [4.78, 5) is 6.57. The van der Waals surface area contributed by atoms with Gasteiger partial charge < -0.3 is 15.0 Å². The normalized spacial score (nSPS) is 19.9. The lowest BCUT2D eigenvalue weighted by Crippen LogP contribution is -2.39. The summed E-state index contributed by atoms with van der Waals surface area (Å²) < 4.78 is 7.50. The summed E-state index contributed by atoms with van der Waals surface area (Å²) in [6.07, 6.45) is 3.71. The number of imidazole rings is 1. The second-order valence-corrected chi connectivity index (χ2v) is 4.26. The summed E-state index contributed by atoms with van der Waals surface area (Å²) in [5, 5.41) is 0. The van der Waals surface area contributed by atoms with Crippen molar-refractivity contribution in [1.82, 2.24) is 14.5 Å². The van der Waals surface area contributed by atoms with Gasteiger partial charge in [0, 0.05) is 38.4 Å². The number of hydrogen-bond acceptors (Lipinski definition) is 4. The summed E-state index contributed by atoms with van der Waals surface area (Å²) in [7, 11) is 0. The SMILES string of the molecule is CC(CN1CCOCC1)n1cncc1CN. The molecule has 5 heteroatoms. The highest BCUT2D eigenvalue weighted by Gasteiger charge is 2.15. The van der Waals surface area contributed by atoms with Crippen molar-refractivity contribution in [2.45, 2.75) is 19.5 Å². The molecular formula is C11H20N4O. The van der Waals surface area contributed by atoms with E-state index in [1.165, 1.54) is 0 Å². The summed E-state index contributed by atoms with van der Waals surface area (Å²) in [6, 6.07) is 0.416. The fourth-order valence-electron chi connectivity index (χ4n) is 2.13. The predicted molar refractivity (Wildman–Crippen MR) is 62.1 cm³/mol. The first-order valence-electron chi connectivity index (χ1n) is 5.82. The minimum absolute atomic E-state index is 0.416. The van der Waals surface area contributed by atoms with Gasteiger partial charge >= 0.3 is 0 Å². The third-order valence-electron chi connectivity index (χ3n) is 3.06. The van der Waals surface area contributed by atoms with Crippen LogP contribution in [0, 0.1) is 0 Å². The molecule has 0 spiro atoms. The van der Waals surface area contributed by atoms with Crippen LogP contribution >= 0.6 is 0 Å². The summed E-state index contributed by atoms with van der Waals surface area (Å²) >= 11 is 0. The van der Waals surface area contributed by atoms with Gasteiger partial charge in [-0.3, -0.25) is 4.90 Å². The molecule has 1 fully saturated rings. The van der Waals surface area contributed by atoms with Gasteiger partial charge in [0.1, 0.15) is 0 Å². The Hall–Kier alpha value is -0.910. The molecule has 1 aromatic rings. The van der Waals surface area contributed by atoms with E-state index < -0.39 is 0 Å². The van der Waals surface area contributed by atoms with Gasteiger partial charge in [0.15, 0.2) is 0 Å². The number of aromatic nitrogens is 2. The van der Waals surface area contributed by atoms with Gasteiger partial charge in [-0.2, -0.15) is 0 Å². The van der Waals surface area contributed by atoms with E-state index in [9.17, 15) is 0 Å². The molecule has 0 amide bonds. The van der Waals surface area contributed by atoms with Gasteiger partial charge in [-0.25, -0.2) is 4.98 Å². The van der Waals surface area contributed by atoms with Crippen LogP contribution in [0.25, 0.3) is 0 Å². The maximum Gasteiger partial charge on any atom is 0.0951 e. The number of nitrogens with two attached hydrogens (primary N) is 1. The Morgan fingerprint density at radius 3 is 2.94 bits per heavy atom. The number of nitrogens with zero attached hydrogens (tertiary/aromatic N) is 3. The van der Waals surface area contributed by atoms with E-state index >= 15 is 0 Å². The van der Waals surface area contributed by atoms with E-state index in [1.54, 1.807) is 0 Å². The zero-order valence-electron chi connectivity index (χ0n) is 9.80. The van der Waals surface area contributed by atoms with Crippen molar-refractivity contribution in [1.29, 1.82) is 0 Å². The highest BCUT2D eigenvalue weighted by molar-refractivity contribution is 4.99. The Morgan fingerprint density at radius 1 is 1.50 bits per heavy atom. The van der Waals surface area contributed by atoms with Gasteiger partial charge in [-0.05, 0) is 6.92 Å². The van der Waals surface area contributed by atoms with E-state index in [2.05, 4.69) is 21.4 Å². The first-order valence-corrected chi connectivity index (χ1v) is 5.82. The topological polar surface area (TPSA) is 56.3 Å². The van der Waals surface area contributed by atoms with Crippen LogP contribution in [0.3, 0.4) is 0 Å². The second kappa shape index (κ2) is 5.43. The van der Waals surface area contributed by atoms with Gasteiger partial charge in [0.25, 0.3) is 0 Å². The fourth-order valence-corrected chi connectivity index (χ4v) is 2.13. The molecule has 0 aromatic carbocycles. The molecule has 2 rings (SSSR count). The van der Waals surface area contributed by atoms with Crippen LogP contribution in [0.4, 0.5) is 0 Å².